The van der Waals surface area contributed by atoms with E-state index in [0.29, 0.717) is 5.56 Å². The Hall–Kier alpha value is -2.44. The molecule has 0 fully saturated rings. The molecule has 19 heavy (non-hydrogen) atoms. The molecule has 2 rings (SSSR count). The van der Waals surface area contributed by atoms with Crippen LogP contribution in [-0.4, -0.2) is 11.3 Å². The van der Waals surface area contributed by atoms with E-state index < -0.39 is 12.0 Å². The average Bonchev–Trinajstić information content (AvgIpc) is 2.58. The summed E-state index contributed by atoms with van der Waals surface area (Å²) in [5.74, 6) is -0.332. The molecule has 1 aromatic heterocycles. The topological polar surface area (TPSA) is 55.2 Å². The Bertz CT molecular complexity index is 725. The van der Waals surface area contributed by atoms with Gasteiger partial charge in [-0.15, -0.1) is 13.2 Å². The number of aromatic nitrogens is 1. The Morgan fingerprint density at radius 3 is 2.37 bits per heavy atom. The summed E-state index contributed by atoms with van der Waals surface area (Å²) in [5.41, 5.74) is 0.0255. The molecule has 100 valence electrons. The lowest BCUT2D eigenvalue weighted by atomic mass is 10.2. The maximum absolute atomic E-state index is 11.9. The fourth-order valence-electron chi connectivity index (χ4n) is 1.42. The summed E-state index contributed by atoms with van der Waals surface area (Å²) in [6.45, 7) is 3.41. The number of nitrogens with one attached hydrogen (secondary N) is 1. The van der Waals surface area contributed by atoms with Crippen molar-refractivity contribution in [3.63, 3.8) is 0 Å². The number of ether oxygens (including phenoxy) is 1. The first-order chi connectivity index (χ1) is 8.83. The number of H-pyrrole nitrogens is 1. The molecule has 0 saturated heterocycles. The monoisotopic (exact) mass is 271 g/mol. The van der Waals surface area contributed by atoms with Gasteiger partial charge in [-0.2, -0.15) is 0 Å². The fourth-order valence-corrected chi connectivity index (χ4v) is 1.42. The van der Waals surface area contributed by atoms with Gasteiger partial charge in [0, 0.05) is 0 Å². The third-order valence-corrected chi connectivity index (χ3v) is 2.13. The summed E-state index contributed by atoms with van der Waals surface area (Å²) < 4.78 is 44.2. The van der Waals surface area contributed by atoms with Crippen molar-refractivity contribution in [1.82, 2.24) is 4.98 Å². The van der Waals surface area contributed by atoms with Crippen LogP contribution < -0.4 is 21.3 Å². The Morgan fingerprint density at radius 1 is 1.26 bits per heavy atom. The van der Waals surface area contributed by atoms with Gasteiger partial charge in [-0.25, -0.2) is 4.79 Å². The molecule has 4 nitrogen and oxygen atoms in total. The van der Waals surface area contributed by atoms with Crippen LogP contribution >= 0.6 is 0 Å². The maximum atomic E-state index is 11.9. The molecule has 0 spiro atoms. The van der Waals surface area contributed by atoms with Gasteiger partial charge in [0.1, 0.15) is 11.1 Å². The van der Waals surface area contributed by atoms with E-state index in [-0.39, 0.29) is 16.6 Å². The van der Waals surface area contributed by atoms with E-state index in [2.05, 4.69) is 20.7 Å². The number of aromatic amines is 1. The highest BCUT2D eigenvalue weighted by Gasteiger charge is 2.30. The van der Waals surface area contributed by atoms with Crippen molar-refractivity contribution in [2.45, 2.75) is 6.36 Å². The minimum absolute atomic E-state index is 0.105. The summed E-state index contributed by atoms with van der Waals surface area (Å²) in [5, 5.41) is 0.162. The smallest absolute Gasteiger partial charge is 0.406 e. The van der Waals surface area contributed by atoms with Gasteiger partial charge in [-0.05, 0) is 30.4 Å². The lowest BCUT2D eigenvalue weighted by Crippen LogP contribution is -2.21. The Morgan fingerprint density at radius 2 is 1.89 bits per heavy atom. The van der Waals surface area contributed by atoms with Gasteiger partial charge >= 0.3 is 12.0 Å². The Labute approximate surface area is 104 Å². The maximum Gasteiger partial charge on any atom is 0.573 e. The second-order valence-corrected chi connectivity index (χ2v) is 3.61. The van der Waals surface area contributed by atoms with Gasteiger partial charge in [0.2, 0.25) is 0 Å². The van der Waals surface area contributed by atoms with E-state index in [1.165, 1.54) is 18.2 Å². The van der Waals surface area contributed by atoms with Crippen molar-refractivity contribution in [3.05, 3.63) is 51.1 Å². The standard InChI is InChI=1S/C12H8F3NO3/c1-7-16-10(11(17)18-7)6-8-2-4-9(5-3-8)19-12(13,14)15/h2-6,16H,1H2. The van der Waals surface area contributed by atoms with E-state index in [4.69, 9.17) is 0 Å². The zero-order chi connectivity index (χ0) is 14.0. The zero-order valence-corrected chi connectivity index (χ0v) is 9.45. The van der Waals surface area contributed by atoms with Crippen LogP contribution in [0, 0.1) is 0 Å². The van der Waals surface area contributed by atoms with Crippen molar-refractivity contribution < 1.29 is 22.3 Å². The molecule has 1 aromatic carbocycles. The van der Waals surface area contributed by atoms with Crippen LogP contribution in [0.25, 0.3) is 12.7 Å². The van der Waals surface area contributed by atoms with Crippen LogP contribution in [0.2, 0.25) is 0 Å². The third kappa shape index (κ3) is 3.51. The van der Waals surface area contributed by atoms with E-state index in [1.54, 1.807) is 0 Å². The molecule has 0 amide bonds. The zero-order valence-electron chi connectivity index (χ0n) is 9.45. The predicted molar refractivity (Wildman–Crippen MR) is 60.8 cm³/mol. The number of halogens is 3. The number of oxazole rings is 1. The van der Waals surface area contributed by atoms with Crippen molar-refractivity contribution in [2.24, 2.45) is 0 Å². The lowest BCUT2D eigenvalue weighted by molar-refractivity contribution is -0.274. The van der Waals surface area contributed by atoms with Crippen LogP contribution in [-0.2, 0) is 0 Å². The van der Waals surface area contributed by atoms with E-state index in [1.807, 2.05) is 0 Å². The minimum Gasteiger partial charge on any atom is -0.406 e. The highest BCUT2D eigenvalue weighted by molar-refractivity contribution is 5.49. The van der Waals surface area contributed by atoms with Gasteiger partial charge in [-0.1, -0.05) is 12.1 Å². The molecule has 2 aromatic rings. The van der Waals surface area contributed by atoms with Gasteiger partial charge in [0.05, 0.1) is 0 Å². The summed E-state index contributed by atoms with van der Waals surface area (Å²) in [6, 6.07) is 5.05. The van der Waals surface area contributed by atoms with Crippen LogP contribution in [0.4, 0.5) is 13.2 Å². The van der Waals surface area contributed by atoms with E-state index in [0.717, 1.165) is 12.1 Å². The second kappa shape index (κ2) is 4.68. The molecular formula is C12H8F3NO3. The first kappa shape index (κ1) is 13.0. The van der Waals surface area contributed by atoms with Gasteiger partial charge in [0.25, 0.3) is 0 Å². The van der Waals surface area contributed by atoms with Gasteiger partial charge in [-0.3, -0.25) is 0 Å². The molecule has 0 aliphatic rings. The Balaban J connectivity index is 2.29. The normalized spacial score (nSPS) is 12.7. The lowest BCUT2D eigenvalue weighted by Gasteiger charge is -2.08. The molecule has 1 heterocycles. The van der Waals surface area contributed by atoms with E-state index in [9.17, 15) is 18.0 Å². The fraction of sp³-hybridized carbons (Fsp3) is 0.0833. The molecule has 0 atom stereocenters. The van der Waals surface area contributed by atoms with Gasteiger partial charge < -0.3 is 14.1 Å². The average molecular weight is 271 g/mol. The number of hydrogen-bond acceptors (Lipinski definition) is 3. The van der Waals surface area contributed by atoms with Crippen LogP contribution in [0.5, 0.6) is 5.75 Å². The molecular weight excluding hydrogens is 263 g/mol. The number of hydrogen-bond donors (Lipinski definition) is 1. The number of rotatable bonds is 2. The van der Waals surface area contributed by atoms with Crippen LogP contribution in [0.1, 0.15) is 5.56 Å². The SMILES string of the molecule is C=c1[nH]c(=Cc2ccc(OC(F)(F)F)cc2)c(=O)o1. The summed E-state index contributed by atoms with van der Waals surface area (Å²) in [4.78, 5) is 13.8. The van der Waals surface area contributed by atoms with Gasteiger partial charge in [0.15, 0.2) is 5.55 Å². The predicted octanol–water partition coefficient (Wildman–Crippen LogP) is 1.11. The third-order valence-electron chi connectivity index (χ3n) is 2.13. The first-order valence-corrected chi connectivity index (χ1v) is 5.09. The number of alkyl halides is 3. The number of benzene rings is 1. The van der Waals surface area contributed by atoms with Crippen molar-refractivity contribution in [2.75, 3.05) is 0 Å². The summed E-state index contributed by atoms with van der Waals surface area (Å²) >= 11 is 0. The van der Waals surface area contributed by atoms with Crippen LogP contribution in [0.3, 0.4) is 0 Å². The highest BCUT2D eigenvalue weighted by atomic mass is 19.4. The summed E-state index contributed by atoms with van der Waals surface area (Å²) in [7, 11) is 0. The molecule has 1 N–H and O–H groups in total. The minimum atomic E-state index is -4.73. The van der Waals surface area contributed by atoms with E-state index >= 15 is 0 Å². The molecule has 0 radical (unpaired) electrons. The molecule has 0 aliphatic carbocycles. The first-order valence-electron chi connectivity index (χ1n) is 5.09. The van der Waals surface area contributed by atoms with Crippen molar-refractivity contribution in [1.29, 1.82) is 0 Å². The molecule has 0 unspecified atom stereocenters. The van der Waals surface area contributed by atoms with Crippen LogP contribution in [0.15, 0.2) is 33.5 Å². The Kier molecular flexibility index (Phi) is 3.20. The second-order valence-electron chi connectivity index (χ2n) is 3.61. The summed E-state index contributed by atoms with van der Waals surface area (Å²) in [6.07, 6.45) is -3.30. The van der Waals surface area contributed by atoms with Crippen molar-refractivity contribution in [3.8, 4) is 5.75 Å². The largest absolute Gasteiger partial charge is 0.573 e. The molecule has 0 aliphatic heterocycles. The highest BCUT2D eigenvalue weighted by Crippen LogP contribution is 2.22. The molecule has 0 saturated carbocycles. The van der Waals surface area contributed by atoms with Crippen molar-refractivity contribution >= 4 is 12.7 Å². The molecule has 0 bridgehead atoms. The quantitative estimate of drug-likeness (QED) is 0.890. The molecule has 7 heteroatoms.